The zero-order valence-corrected chi connectivity index (χ0v) is 21.3. The van der Waals surface area contributed by atoms with Crippen molar-refractivity contribution in [1.29, 1.82) is 0 Å². The van der Waals surface area contributed by atoms with Gasteiger partial charge in [-0.15, -0.1) is 0 Å². The first kappa shape index (κ1) is 25.4. The number of hydrogen-bond acceptors (Lipinski definition) is 4. The highest BCUT2D eigenvalue weighted by molar-refractivity contribution is 6.31. The summed E-state index contributed by atoms with van der Waals surface area (Å²) in [7, 11) is 0. The third-order valence-electron chi connectivity index (χ3n) is 6.79. The van der Waals surface area contributed by atoms with Crippen LogP contribution in [-0.2, 0) is 11.2 Å². The first-order chi connectivity index (χ1) is 18.0. The minimum Gasteiger partial charge on any atom is -0.486 e. The van der Waals surface area contributed by atoms with Gasteiger partial charge < -0.3 is 9.47 Å². The van der Waals surface area contributed by atoms with Gasteiger partial charge in [-0.05, 0) is 81.0 Å². The van der Waals surface area contributed by atoms with E-state index in [0.29, 0.717) is 44.4 Å². The van der Waals surface area contributed by atoms with Crippen LogP contribution in [0.5, 0.6) is 5.75 Å². The lowest BCUT2D eigenvalue weighted by Gasteiger charge is -2.21. The maximum atomic E-state index is 15.1. The summed E-state index contributed by atoms with van der Waals surface area (Å²) in [5.74, 6) is 0.420. The van der Waals surface area contributed by atoms with Crippen LogP contribution in [-0.4, -0.2) is 28.4 Å². The highest BCUT2D eigenvalue weighted by Crippen LogP contribution is 2.31. The van der Waals surface area contributed by atoms with Crippen LogP contribution in [0.1, 0.15) is 54.8 Å². The number of nitrogens with zero attached hydrogens (tertiary/aromatic N) is 2. The second-order valence-electron chi connectivity index (χ2n) is 9.37. The Kier molecular flexibility index (Phi) is 7.82. The van der Waals surface area contributed by atoms with Crippen molar-refractivity contribution in [2.45, 2.75) is 38.7 Å². The smallest absolute Gasteiger partial charge is 0.134 e. The molecule has 192 valence electrons. The monoisotopic (exact) mass is 523 g/mol. The second kappa shape index (κ2) is 11.4. The Labute approximate surface area is 219 Å². The lowest BCUT2D eigenvalue weighted by molar-refractivity contribution is 0.0639. The largest absolute Gasteiger partial charge is 0.486 e. The number of halogens is 3. The van der Waals surface area contributed by atoms with Gasteiger partial charge in [0.15, 0.2) is 0 Å². The topological polar surface area (TPSA) is 60.0 Å². The fraction of sp³-hybridized carbons (Fsp3) is 0.310. The van der Waals surface area contributed by atoms with E-state index in [1.54, 1.807) is 36.5 Å². The number of fused-ring (bicyclic) bond motifs is 1. The molecule has 2 aromatic heterocycles. The molecule has 1 aliphatic rings. The zero-order chi connectivity index (χ0) is 25.8. The molecule has 0 radical (unpaired) electrons. The normalized spacial score (nSPS) is 15.7. The molecule has 0 bridgehead atoms. The second-order valence-corrected chi connectivity index (χ2v) is 9.77. The van der Waals surface area contributed by atoms with Crippen molar-refractivity contribution < 1.29 is 18.3 Å². The lowest BCUT2D eigenvalue weighted by Crippen LogP contribution is -2.16. The number of rotatable bonds is 8. The molecular formula is C29H28ClF2N3O2. The summed E-state index contributed by atoms with van der Waals surface area (Å²) < 4.78 is 40.0. The molecule has 3 heterocycles. The summed E-state index contributed by atoms with van der Waals surface area (Å²) in [6.07, 6.45) is 6.73. The molecular weight excluding hydrogens is 496 g/mol. The molecule has 8 heteroatoms. The highest BCUT2D eigenvalue weighted by atomic mass is 35.5. The number of pyridine rings is 1. The third-order valence-corrected chi connectivity index (χ3v) is 7.12. The summed E-state index contributed by atoms with van der Waals surface area (Å²) in [5.41, 5.74) is 3.25. The van der Waals surface area contributed by atoms with E-state index in [9.17, 15) is 4.39 Å². The van der Waals surface area contributed by atoms with E-state index >= 15 is 4.39 Å². The Morgan fingerprint density at radius 2 is 2.03 bits per heavy atom. The predicted octanol–water partition coefficient (Wildman–Crippen LogP) is 7.72. The first-order valence-corrected chi connectivity index (χ1v) is 12.8. The molecule has 0 amide bonds. The van der Waals surface area contributed by atoms with E-state index in [-0.39, 0.29) is 0 Å². The minimum atomic E-state index is -0.413. The van der Waals surface area contributed by atoms with Gasteiger partial charge in [-0.2, -0.15) is 5.10 Å². The maximum absolute atomic E-state index is 15.1. The number of aromatic amines is 1. The Morgan fingerprint density at radius 1 is 1.19 bits per heavy atom. The van der Waals surface area contributed by atoms with Gasteiger partial charge in [0, 0.05) is 47.7 Å². The lowest BCUT2D eigenvalue weighted by atomic mass is 9.94. The molecule has 5 rings (SSSR count). The number of benzene rings is 2. The van der Waals surface area contributed by atoms with Gasteiger partial charge in [0.1, 0.15) is 23.5 Å². The molecule has 4 aromatic rings. The van der Waals surface area contributed by atoms with Crippen molar-refractivity contribution in [1.82, 2.24) is 15.2 Å². The highest BCUT2D eigenvalue weighted by Gasteiger charge is 2.15. The Balaban J connectivity index is 1.29. The van der Waals surface area contributed by atoms with Crippen molar-refractivity contribution in [3.05, 3.63) is 88.1 Å². The van der Waals surface area contributed by atoms with E-state index < -0.39 is 17.7 Å². The first-order valence-electron chi connectivity index (χ1n) is 12.5. The fourth-order valence-electron chi connectivity index (χ4n) is 4.60. The molecule has 1 fully saturated rings. The molecule has 1 saturated heterocycles. The van der Waals surface area contributed by atoms with Gasteiger partial charge in [0.2, 0.25) is 0 Å². The van der Waals surface area contributed by atoms with Crippen LogP contribution in [0.3, 0.4) is 0 Å². The number of nitrogens with one attached hydrogen (secondary N) is 1. The van der Waals surface area contributed by atoms with Gasteiger partial charge in [0.25, 0.3) is 0 Å². The minimum absolute atomic E-state index is 0.297. The van der Waals surface area contributed by atoms with Crippen LogP contribution in [0.4, 0.5) is 8.78 Å². The molecule has 1 atom stereocenters. The molecule has 0 aliphatic carbocycles. The Bertz CT molecular complexity index is 1400. The molecule has 1 unspecified atom stereocenters. The molecule has 1 N–H and O–H groups in total. The maximum Gasteiger partial charge on any atom is 0.134 e. The number of ether oxygens (including phenoxy) is 2. The van der Waals surface area contributed by atoms with Crippen molar-refractivity contribution in [3.63, 3.8) is 0 Å². The van der Waals surface area contributed by atoms with Crippen molar-refractivity contribution >= 4 is 34.4 Å². The SMILES string of the molecule is CC(Oc1ccc2n[nH]c(/C=C(\F)c3ccc(CCC4CCOCC4)nc3)c2c1)c1ccc(F)cc1Cl. The van der Waals surface area contributed by atoms with Gasteiger partial charge in [-0.3, -0.25) is 10.1 Å². The summed E-state index contributed by atoms with van der Waals surface area (Å²) in [6, 6.07) is 13.2. The van der Waals surface area contributed by atoms with Gasteiger partial charge in [-0.25, -0.2) is 8.78 Å². The molecule has 5 nitrogen and oxygen atoms in total. The summed E-state index contributed by atoms with van der Waals surface area (Å²) in [6.45, 7) is 3.51. The van der Waals surface area contributed by atoms with E-state index in [1.165, 1.54) is 18.2 Å². The number of aromatic nitrogens is 3. The predicted molar refractivity (Wildman–Crippen MR) is 142 cm³/mol. The number of H-pyrrole nitrogens is 1. The molecule has 37 heavy (non-hydrogen) atoms. The average Bonchev–Trinajstić information content (AvgIpc) is 3.30. The van der Waals surface area contributed by atoms with Crippen LogP contribution < -0.4 is 4.74 Å². The molecule has 0 saturated carbocycles. The number of hydrogen-bond donors (Lipinski definition) is 1. The van der Waals surface area contributed by atoms with Gasteiger partial charge >= 0.3 is 0 Å². The fourth-order valence-corrected chi connectivity index (χ4v) is 4.92. The quantitative estimate of drug-likeness (QED) is 0.257. The van der Waals surface area contributed by atoms with Gasteiger partial charge in [0.05, 0.1) is 16.2 Å². The van der Waals surface area contributed by atoms with Crippen LogP contribution in [0.2, 0.25) is 5.02 Å². The Morgan fingerprint density at radius 3 is 2.78 bits per heavy atom. The van der Waals surface area contributed by atoms with E-state index in [2.05, 4.69) is 15.2 Å². The zero-order valence-electron chi connectivity index (χ0n) is 20.5. The van der Waals surface area contributed by atoms with Crippen LogP contribution >= 0.6 is 11.6 Å². The summed E-state index contributed by atoms with van der Waals surface area (Å²) in [5, 5.41) is 8.18. The van der Waals surface area contributed by atoms with Crippen LogP contribution in [0.15, 0.2) is 54.7 Å². The van der Waals surface area contributed by atoms with E-state index in [0.717, 1.165) is 44.6 Å². The van der Waals surface area contributed by atoms with E-state index in [1.807, 2.05) is 13.0 Å². The van der Waals surface area contributed by atoms with Gasteiger partial charge in [-0.1, -0.05) is 17.7 Å². The Hall–Kier alpha value is -3.29. The molecule has 1 aliphatic heterocycles. The molecule has 0 spiro atoms. The van der Waals surface area contributed by atoms with Crippen molar-refractivity contribution in [2.24, 2.45) is 5.92 Å². The summed E-state index contributed by atoms with van der Waals surface area (Å²) >= 11 is 6.18. The number of aryl methyl sites for hydroxylation is 1. The van der Waals surface area contributed by atoms with E-state index in [4.69, 9.17) is 21.1 Å². The van der Waals surface area contributed by atoms with Crippen molar-refractivity contribution in [2.75, 3.05) is 13.2 Å². The molecule has 2 aromatic carbocycles. The van der Waals surface area contributed by atoms with Crippen LogP contribution in [0.25, 0.3) is 22.8 Å². The standard InChI is InChI=1S/C29H28ClF2N3O2/c1-18(24-8-4-21(31)14-26(24)30)37-23-7-9-28-25(15-23)29(35-34-28)16-27(32)20-3-6-22(33-17-20)5-2-19-10-12-36-13-11-19/h3-4,6-9,14-19H,2,5,10-13H2,1H3,(H,34,35)/b27-16-. The van der Waals surface area contributed by atoms with Crippen molar-refractivity contribution in [3.8, 4) is 5.75 Å². The third kappa shape index (κ3) is 6.17. The van der Waals surface area contributed by atoms with Crippen LogP contribution in [0, 0.1) is 11.7 Å². The average molecular weight is 524 g/mol. The summed E-state index contributed by atoms with van der Waals surface area (Å²) in [4.78, 5) is 4.47.